The van der Waals surface area contributed by atoms with Gasteiger partial charge in [-0.3, -0.25) is 15.0 Å². The van der Waals surface area contributed by atoms with E-state index in [-0.39, 0.29) is 22.6 Å². The number of hydrogen-bond acceptors (Lipinski definition) is 4. The largest absolute Gasteiger partial charge is 0.396 e. The summed E-state index contributed by atoms with van der Waals surface area (Å²) in [6.07, 6.45) is 3.00. The Morgan fingerprint density at radius 2 is 2.10 bits per heavy atom. The Kier molecular flexibility index (Phi) is 4.73. The summed E-state index contributed by atoms with van der Waals surface area (Å²) in [5.41, 5.74) is 1.21. The highest BCUT2D eigenvalue weighted by Crippen LogP contribution is 2.34. The fraction of sp³-hybridized carbons (Fsp3) is 0.600. The molecule has 1 saturated heterocycles. The third kappa shape index (κ3) is 3.35. The predicted octanol–water partition coefficient (Wildman–Crippen LogP) is 2.58. The molecule has 0 spiro atoms. The number of piperidine rings is 1. The number of non-ortho nitro benzene ring substituents is 1. The maximum Gasteiger partial charge on any atom is 0.269 e. The van der Waals surface area contributed by atoms with Crippen LogP contribution in [0, 0.1) is 15.5 Å². The van der Waals surface area contributed by atoms with Crippen molar-refractivity contribution >= 4 is 5.69 Å². The molecule has 1 fully saturated rings. The highest BCUT2D eigenvalue weighted by atomic mass is 16.6. The number of aliphatic hydroxyl groups is 1. The summed E-state index contributed by atoms with van der Waals surface area (Å²) >= 11 is 0. The van der Waals surface area contributed by atoms with E-state index in [2.05, 4.69) is 11.8 Å². The topological polar surface area (TPSA) is 66.6 Å². The average Bonchev–Trinajstić information content (AvgIpc) is 2.49. The summed E-state index contributed by atoms with van der Waals surface area (Å²) in [7, 11) is 0. The first-order valence-corrected chi connectivity index (χ1v) is 7.15. The highest BCUT2D eigenvalue weighted by Gasteiger charge is 2.32. The van der Waals surface area contributed by atoms with Gasteiger partial charge in [0.15, 0.2) is 0 Å². The predicted molar refractivity (Wildman–Crippen MR) is 77.4 cm³/mol. The van der Waals surface area contributed by atoms with Gasteiger partial charge in [0, 0.05) is 25.3 Å². The summed E-state index contributed by atoms with van der Waals surface area (Å²) < 4.78 is 0. The number of nitrogens with zero attached hydrogens (tertiary/aromatic N) is 2. The molecule has 1 aliphatic rings. The fourth-order valence-electron chi connectivity index (χ4n) is 2.84. The average molecular weight is 278 g/mol. The van der Waals surface area contributed by atoms with E-state index in [1.54, 1.807) is 12.1 Å². The Labute approximate surface area is 119 Å². The molecule has 110 valence electrons. The number of benzene rings is 1. The van der Waals surface area contributed by atoms with E-state index < -0.39 is 0 Å². The molecule has 1 aliphatic heterocycles. The van der Waals surface area contributed by atoms with E-state index in [9.17, 15) is 15.2 Å². The van der Waals surface area contributed by atoms with Gasteiger partial charge in [0.2, 0.25) is 0 Å². The standard InChI is InChI=1S/C15H22N2O3/c1-2-15(12-18)6-8-16(9-7-15)11-13-4-3-5-14(10-13)17(19)20/h3-5,10,18H,2,6-9,11-12H2,1H3. The van der Waals surface area contributed by atoms with Crippen LogP contribution in [0.25, 0.3) is 0 Å². The summed E-state index contributed by atoms with van der Waals surface area (Å²) in [6.45, 7) is 5.02. The lowest BCUT2D eigenvalue weighted by Crippen LogP contribution is -2.41. The maximum atomic E-state index is 10.8. The molecule has 0 aromatic heterocycles. The fourth-order valence-corrected chi connectivity index (χ4v) is 2.84. The Morgan fingerprint density at radius 3 is 2.65 bits per heavy atom. The van der Waals surface area contributed by atoms with E-state index >= 15 is 0 Å². The van der Waals surface area contributed by atoms with Gasteiger partial charge in [-0.1, -0.05) is 19.1 Å². The number of likely N-dealkylation sites (tertiary alicyclic amines) is 1. The molecule has 1 aromatic rings. The van der Waals surface area contributed by atoms with E-state index in [1.165, 1.54) is 6.07 Å². The van der Waals surface area contributed by atoms with Crippen LogP contribution in [0.15, 0.2) is 24.3 Å². The number of rotatable bonds is 5. The molecule has 0 aliphatic carbocycles. The summed E-state index contributed by atoms with van der Waals surface area (Å²) in [6, 6.07) is 6.84. The minimum atomic E-state index is -0.354. The van der Waals surface area contributed by atoms with Crippen LogP contribution in [0.2, 0.25) is 0 Å². The molecule has 0 bridgehead atoms. The molecule has 1 N–H and O–H groups in total. The molecule has 0 unspecified atom stereocenters. The Bertz CT molecular complexity index is 462. The molecule has 0 radical (unpaired) electrons. The Balaban J connectivity index is 1.96. The normalized spacial score (nSPS) is 18.9. The Hall–Kier alpha value is -1.46. The number of nitro benzene ring substituents is 1. The third-order valence-corrected chi connectivity index (χ3v) is 4.53. The van der Waals surface area contributed by atoms with Crippen LogP contribution < -0.4 is 0 Å². The van der Waals surface area contributed by atoms with Gasteiger partial charge in [-0.15, -0.1) is 0 Å². The summed E-state index contributed by atoms with van der Waals surface area (Å²) in [5.74, 6) is 0. The first-order chi connectivity index (χ1) is 9.58. The van der Waals surface area contributed by atoms with Gasteiger partial charge >= 0.3 is 0 Å². The van der Waals surface area contributed by atoms with Crippen molar-refractivity contribution in [2.75, 3.05) is 19.7 Å². The van der Waals surface area contributed by atoms with Gasteiger partial charge in [0.05, 0.1) is 4.92 Å². The second kappa shape index (κ2) is 6.33. The lowest BCUT2D eigenvalue weighted by atomic mass is 9.77. The summed E-state index contributed by atoms with van der Waals surface area (Å²) in [5, 5.41) is 20.3. The zero-order chi connectivity index (χ0) is 14.6. The quantitative estimate of drug-likeness (QED) is 0.664. The number of aliphatic hydroxyl groups excluding tert-OH is 1. The number of nitro groups is 1. The molecule has 1 aromatic carbocycles. The molecule has 5 nitrogen and oxygen atoms in total. The maximum absolute atomic E-state index is 10.8. The van der Waals surface area contributed by atoms with E-state index in [0.717, 1.165) is 44.5 Å². The smallest absolute Gasteiger partial charge is 0.269 e. The van der Waals surface area contributed by atoms with Crippen molar-refractivity contribution in [2.45, 2.75) is 32.7 Å². The molecule has 0 amide bonds. The molecule has 0 atom stereocenters. The van der Waals surface area contributed by atoms with Crippen LogP contribution in [0.4, 0.5) is 5.69 Å². The summed E-state index contributed by atoms with van der Waals surface area (Å²) in [4.78, 5) is 12.7. The van der Waals surface area contributed by atoms with Crippen molar-refractivity contribution < 1.29 is 10.0 Å². The van der Waals surface area contributed by atoms with Gasteiger partial charge in [0.25, 0.3) is 5.69 Å². The first-order valence-electron chi connectivity index (χ1n) is 7.15. The van der Waals surface area contributed by atoms with Crippen molar-refractivity contribution in [1.82, 2.24) is 4.90 Å². The first kappa shape index (κ1) is 14.9. The molecule has 20 heavy (non-hydrogen) atoms. The zero-order valence-corrected chi connectivity index (χ0v) is 11.9. The highest BCUT2D eigenvalue weighted by molar-refractivity contribution is 5.34. The van der Waals surface area contributed by atoms with Crippen LogP contribution in [0.3, 0.4) is 0 Å². The number of hydrogen-bond donors (Lipinski definition) is 1. The van der Waals surface area contributed by atoms with Crippen molar-refractivity contribution in [3.8, 4) is 0 Å². The molecule has 5 heteroatoms. The minimum absolute atomic E-state index is 0.0825. The van der Waals surface area contributed by atoms with Gasteiger partial charge in [-0.2, -0.15) is 0 Å². The van der Waals surface area contributed by atoms with Crippen molar-refractivity contribution in [2.24, 2.45) is 5.41 Å². The van der Waals surface area contributed by atoms with Gasteiger partial charge in [0.1, 0.15) is 0 Å². The minimum Gasteiger partial charge on any atom is -0.396 e. The van der Waals surface area contributed by atoms with Crippen molar-refractivity contribution in [3.63, 3.8) is 0 Å². The third-order valence-electron chi connectivity index (χ3n) is 4.53. The van der Waals surface area contributed by atoms with Crippen LogP contribution >= 0.6 is 0 Å². The van der Waals surface area contributed by atoms with Gasteiger partial charge < -0.3 is 5.11 Å². The monoisotopic (exact) mass is 278 g/mol. The van der Waals surface area contributed by atoms with Gasteiger partial charge in [-0.05, 0) is 43.3 Å². The Morgan fingerprint density at radius 1 is 1.40 bits per heavy atom. The van der Waals surface area contributed by atoms with E-state index in [0.29, 0.717) is 0 Å². The molecular weight excluding hydrogens is 256 g/mol. The molecule has 0 saturated carbocycles. The van der Waals surface area contributed by atoms with E-state index in [1.807, 2.05) is 6.07 Å². The van der Waals surface area contributed by atoms with E-state index in [4.69, 9.17) is 0 Å². The van der Waals surface area contributed by atoms with Crippen LogP contribution in [0.5, 0.6) is 0 Å². The van der Waals surface area contributed by atoms with Crippen molar-refractivity contribution in [3.05, 3.63) is 39.9 Å². The van der Waals surface area contributed by atoms with Crippen molar-refractivity contribution in [1.29, 1.82) is 0 Å². The zero-order valence-electron chi connectivity index (χ0n) is 11.9. The second-order valence-electron chi connectivity index (χ2n) is 5.71. The lowest BCUT2D eigenvalue weighted by Gasteiger charge is -2.40. The van der Waals surface area contributed by atoms with Crippen LogP contribution in [-0.2, 0) is 6.54 Å². The second-order valence-corrected chi connectivity index (χ2v) is 5.71. The van der Waals surface area contributed by atoms with Gasteiger partial charge in [-0.25, -0.2) is 0 Å². The molecule has 2 rings (SSSR count). The molecule has 1 heterocycles. The lowest BCUT2D eigenvalue weighted by molar-refractivity contribution is -0.384. The van der Waals surface area contributed by atoms with Crippen LogP contribution in [-0.4, -0.2) is 34.6 Å². The SMILES string of the molecule is CCC1(CO)CCN(Cc2cccc([N+](=O)[O-])c2)CC1. The molecular formula is C15H22N2O3. The van der Waals surface area contributed by atoms with Crippen LogP contribution in [0.1, 0.15) is 31.7 Å².